The fraction of sp³-hybridized carbons (Fsp3) is 0.312. The Balaban J connectivity index is 1.83. The van der Waals surface area contributed by atoms with Crippen LogP contribution in [0.3, 0.4) is 0 Å². The van der Waals surface area contributed by atoms with E-state index < -0.39 is 6.04 Å². The molecular formula is C16H17ClN4OS. The predicted molar refractivity (Wildman–Crippen MR) is 94.4 cm³/mol. The van der Waals surface area contributed by atoms with Crippen molar-refractivity contribution in [1.82, 2.24) is 14.8 Å². The summed E-state index contributed by atoms with van der Waals surface area (Å²) in [5, 5.41) is 8.39. The maximum absolute atomic E-state index is 12.5. The third kappa shape index (κ3) is 2.96. The van der Waals surface area contributed by atoms with Gasteiger partial charge in [-0.2, -0.15) is 5.10 Å². The molecular weight excluding hydrogens is 332 g/mol. The van der Waals surface area contributed by atoms with Crippen molar-refractivity contribution in [3.05, 3.63) is 40.2 Å². The molecule has 0 saturated heterocycles. The lowest BCUT2D eigenvalue weighted by molar-refractivity contribution is -0.119. The highest BCUT2D eigenvalue weighted by molar-refractivity contribution is 7.22. The Bertz CT molecular complexity index is 899. The van der Waals surface area contributed by atoms with Crippen molar-refractivity contribution in [2.45, 2.75) is 33.7 Å². The SMILES string of the molecule is Cc1ccc2nc(NC(=O)C(C)n3nc(C)c(Cl)c3C)sc2c1. The molecule has 23 heavy (non-hydrogen) atoms. The highest BCUT2D eigenvalue weighted by Crippen LogP contribution is 2.28. The van der Waals surface area contributed by atoms with Gasteiger partial charge in [0, 0.05) is 0 Å². The van der Waals surface area contributed by atoms with E-state index in [4.69, 9.17) is 11.6 Å². The number of hydrogen-bond donors (Lipinski definition) is 1. The maximum Gasteiger partial charge on any atom is 0.250 e. The van der Waals surface area contributed by atoms with Crippen LogP contribution in [0.15, 0.2) is 18.2 Å². The minimum atomic E-state index is -0.463. The van der Waals surface area contributed by atoms with Gasteiger partial charge in [0.15, 0.2) is 5.13 Å². The van der Waals surface area contributed by atoms with E-state index in [1.165, 1.54) is 16.9 Å². The highest BCUT2D eigenvalue weighted by atomic mass is 35.5. The van der Waals surface area contributed by atoms with E-state index in [1.807, 2.05) is 32.9 Å². The van der Waals surface area contributed by atoms with E-state index >= 15 is 0 Å². The lowest BCUT2D eigenvalue weighted by Gasteiger charge is -2.13. The number of thiazole rings is 1. The van der Waals surface area contributed by atoms with Gasteiger partial charge < -0.3 is 5.32 Å². The lowest BCUT2D eigenvalue weighted by Crippen LogP contribution is -2.25. The van der Waals surface area contributed by atoms with E-state index in [0.717, 1.165) is 21.6 Å². The number of hydrogen-bond acceptors (Lipinski definition) is 4. The van der Waals surface area contributed by atoms with Crippen molar-refractivity contribution in [3.63, 3.8) is 0 Å². The number of aromatic nitrogens is 3. The number of benzene rings is 1. The van der Waals surface area contributed by atoms with Crippen molar-refractivity contribution in [2.24, 2.45) is 0 Å². The van der Waals surface area contributed by atoms with E-state index in [0.29, 0.717) is 10.2 Å². The first kappa shape index (κ1) is 16.0. The van der Waals surface area contributed by atoms with Crippen molar-refractivity contribution in [1.29, 1.82) is 0 Å². The van der Waals surface area contributed by atoms with Crippen LogP contribution in [0.25, 0.3) is 10.2 Å². The molecule has 1 N–H and O–H groups in total. The summed E-state index contributed by atoms with van der Waals surface area (Å²) in [6.45, 7) is 7.51. The first-order valence-corrected chi connectivity index (χ1v) is 8.45. The third-order valence-electron chi connectivity index (χ3n) is 3.76. The maximum atomic E-state index is 12.5. The average molecular weight is 349 g/mol. The summed E-state index contributed by atoms with van der Waals surface area (Å²) >= 11 is 7.62. The van der Waals surface area contributed by atoms with Crippen LogP contribution in [0.5, 0.6) is 0 Å². The summed E-state index contributed by atoms with van der Waals surface area (Å²) in [6, 6.07) is 5.57. The standard InChI is InChI=1S/C16H17ClN4OS/c1-8-5-6-12-13(7-8)23-16(18-12)19-15(22)11(4)21-10(3)14(17)9(2)20-21/h5-7,11H,1-4H3,(H,18,19,22). The van der Waals surface area contributed by atoms with Crippen LogP contribution >= 0.6 is 22.9 Å². The summed E-state index contributed by atoms with van der Waals surface area (Å²) in [5.41, 5.74) is 3.56. The molecule has 5 nitrogen and oxygen atoms in total. The Hall–Kier alpha value is -1.92. The molecule has 0 aliphatic carbocycles. The second kappa shape index (κ2) is 5.94. The molecule has 0 spiro atoms. The molecule has 3 rings (SSSR count). The van der Waals surface area contributed by atoms with Gasteiger partial charge in [-0.3, -0.25) is 9.48 Å². The van der Waals surface area contributed by atoms with Crippen LogP contribution in [0.1, 0.15) is 29.9 Å². The van der Waals surface area contributed by atoms with Crippen LogP contribution in [0.2, 0.25) is 5.02 Å². The molecule has 0 fully saturated rings. The number of carbonyl (C=O) groups excluding carboxylic acids is 1. The van der Waals surface area contributed by atoms with Gasteiger partial charge in [-0.05, 0) is 45.4 Å². The molecule has 1 atom stereocenters. The number of halogens is 1. The predicted octanol–water partition coefficient (Wildman–Crippen LogP) is 4.27. The van der Waals surface area contributed by atoms with Gasteiger partial charge in [0.2, 0.25) is 0 Å². The molecule has 0 aliphatic heterocycles. The van der Waals surface area contributed by atoms with Gasteiger partial charge >= 0.3 is 0 Å². The molecule has 0 aliphatic rings. The Kier molecular flexibility index (Phi) is 4.12. The van der Waals surface area contributed by atoms with Crippen LogP contribution < -0.4 is 5.32 Å². The number of nitrogens with one attached hydrogen (secondary N) is 1. The minimum Gasteiger partial charge on any atom is -0.300 e. The normalized spacial score (nSPS) is 12.6. The number of rotatable bonds is 3. The zero-order valence-electron chi connectivity index (χ0n) is 13.3. The van der Waals surface area contributed by atoms with Crippen molar-refractivity contribution in [3.8, 4) is 0 Å². The molecule has 0 bridgehead atoms. The topological polar surface area (TPSA) is 59.8 Å². The Morgan fingerprint density at radius 3 is 2.74 bits per heavy atom. The van der Waals surface area contributed by atoms with Crippen LogP contribution in [0.4, 0.5) is 5.13 Å². The summed E-state index contributed by atoms with van der Waals surface area (Å²) in [5.74, 6) is -0.164. The van der Waals surface area contributed by atoms with Gasteiger partial charge in [-0.1, -0.05) is 29.0 Å². The van der Waals surface area contributed by atoms with Gasteiger partial charge in [0.25, 0.3) is 5.91 Å². The summed E-state index contributed by atoms with van der Waals surface area (Å²) in [6.07, 6.45) is 0. The quantitative estimate of drug-likeness (QED) is 0.768. The first-order valence-electron chi connectivity index (χ1n) is 7.26. The van der Waals surface area contributed by atoms with Gasteiger partial charge in [-0.15, -0.1) is 0 Å². The number of anilines is 1. The zero-order valence-corrected chi connectivity index (χ0v) is 14.9. The Morgan fingerprint density at radius 2 is 2.09 bits per heavy atom. The monoisotopic (exact) mass is 348 g/mol. The number of amides is 1. The largest absolute Gasteiger partial charge is 0.300 e. The number of aryl methyl sites for hydroxylation is 2. The van der Waals surface area contributed by atoms with Gasteiger partial charge in [0.05, 0.1) is 26.6 Å². The summed E-state index contributed by atoms with van der Waals surface area (Å²) in [7, 11) is 0. The number of fused-ring (bicyclic) bond motifs is 1. The molecule has 120 valence electrons. The molecule has 1 unspecified atom stereocenters. The van der Waals surface area contributed by atoms with Crippen LogP contribution in [-0.2, 0) is 4.79 Å². The van der Waals surface area contributed by atoms with Crippen molar-refractivity contribution >= 4 is 44.2 Å². The van der Waals surface area contributed by atoms with Crippen LogP contribution in [0, 0.1) is 20.8 Å². The molecule has 1 amide bonds. The Morgan fingerprint density at radius 1 is 1.35 bits per heavy atom. The minimum absolute atomic E-state index is 0.164. The summed E-state index contributed by atoms with van der Waals surface area (Å²) < 4.78 is 2.70. The highest BCUT2D eigenvalue weighted by Gasteiger charge is 2.21. The van der Waals surface area contributed by atoms with Gasteiger partial charge in [-0.25, -0.2) is 4.98 Å². The van der Waals surface area contributed by atoms with Crippen molar-refractivity contribution in [2.75, 3.05) is 5.32 Å². The van der Waals surface area contributed by atoms with Crippen molar-refractivity contribution < 1.29 is 4.79 Å². The second-order valence-corrected chi connectivity index (χ2v) is 6.99. The molecule has 0 saturated carbocycles. The van der Waals surface area contributed by atoms with Gasteiger partial charge in [0.1, 0.15) is 6.04 Å². The van der Waals surface area contributed by atoms with E-state index in [1.54, 1.807) is 11.6 Å². The second-order valence-electron chi connectivity index (χ2n) is 5.58. The summed E-state index contributed by atoms with van der Waals surface area (Å²) in [4.78, 5) is 16.9. The third-order valence-corrected chi connectivity index (χ3v) is 5.24. The van der Waals surface area contributed by atoms with E-state index in [-0.39, 0.29) is 5.91 Å². The van der Waals surface area contributed by atoms with E-state index in [9.17, 15) is 4.79 Å². The Labute approximate surface area is 143 Å². The number of carbonyl (C=O) groups is 1. The lowest BCUT2D eigenvalue weighted by atomic mass is 10.2. The number of nitrogens with zero attached hydrogens (tertiary/aromatic N) is 3. The molecule has 3 aromatic rings. The van der Waals surface area contributed by atoms with Crippen LogP contribution in [-0.4, -0.2) is 20.7 Å². The fourth-order valence-electron chi connectivity index (χ4n) is 2.43. The zero-order chi connectivity index (χ0) is 16.7. The van der Waals surface area contributed by atoms with E-state index in [2.05, 4.69) is 21.5 Å². The fourth-order valence-corrected chi connectivity index (χ4v) is 3.52. The molecule has 1 aromatic carbocycles. The molecule has 2 aromatic heterocycles. The average Bonchev–Trinajstić information content (AvgIpc) is 3.01. The molecule has 0 radical (unpaired) electrons. The smallest absolute Gasteiger partial charge is 0.250 e. The molecule has 2 heterocycles. The molecule has 7 heteroatoms. The first-order chi connectivity index (χ1) is 10.9.